The highest BCUT2D eigenvalue weighted by molar-refractivity contribution is 5.39. The highest BCUT2D eigenvalue weighted by Gasteiger charge is 2.22. The minimum Gasteiger partial charge on any atom is -0.321 e. The van der Waals surface area contributed by atoms with Crippen LogP contribution in [0.1, 0.15) is 63.6 Å². The molecule has 1 atom stereocenters. The van der Waals surface area contributed by atoms with Crippen molar-refractivity contribution in [2.45, 2.75) is 57.9 Å². The molecule has 0 saturated carbocycles. The third-order valence-corrected chi connectivity index (χ3v) is 3.83. The van der Waals surface area contributed by atoms with Crippen molar-refractivity contribution in [2.24, 2.45) is 5.73 Å². The summed E-state index contributed by atoms with van der Waals surface area (Å²) in [6, 6.07) is 8.72. The number of nitrogens with two attached hydrogens (primary N) is 1. The average Bonchev–Trinajstić information content (AvgIpc) is 2.38. The second-order valence-corrected chi connectivity index (χ2v) is 6.34. The fourth-order valence-corrected chi connectivity index (χ4v) is 2.80. The van der Waals surface area contributed by atoms with Crippen LogP contribution in [0.5, 0.6) is 0 Å². The summed E-state index contributed by atoms with van der Waals surface area (Å²) in [7, 11) is 0. The zero-order valence-corrected chi connectivity index (χ0v) is 11.9. The summed E-state index contributed by atoms with van der Waals surface area (Å²) in [6.07, 6.45) is 7.32. The smallest absolute Gasteiger partial charge is 0.0513 e. The van der Waals surface area contributed by atoms with Gasteiger partial charge in [-0.05, 0) is 42.2 Å². The van der Waals surface area contributed by atoms with Crippen molar-refractivity contribution < 1.29 is 0 Å². The molecule has 0 fully saturated rings. The first-order chi connectivity index (χ1) is 8.50. The van der Waals surface area contributed by atoms with Crippen LogP contribution in [0.25, 0.3) is 0 Å². The van der Waals surface area contributed by atoms with Crippen molar-refractivity contribution in [1.29, 1.82) is 0 Å². The predicted octanol–water partition coefficient (Wildman–Crippen LogP) is 4.48. The van der Waals surface area contributed by atoms with Gasteiger partial charge in [0.2, 0.25) is 0 Å². The molecule has 0 saturated heterocycles. The molecule has 1 aromatic rings. The molecular weight excluding hydrogens is 218 g/mol. The molecule has 1 aliphatic rings. The van der Waals surface area contributed by atoms with Gasteiger partial charge in [-0.3, -0.25) is 0 Å². The van der Waals surface area contributed by atoms with Crippen LogP contribution in [0.15, 0.2) is 35.9 Å². The van der Waals surface area contributed by atoms with E-state index in [4.69, 9.17) is 5.73 Å². The van der Waals surface area contributed by atoms with E-state index < -0.39 is 0 Å². The van der Waals surface area contributed by atoms with Gasteiger partial charge < -0.3 is 5.73 Å². The second-order valence-electron chi connectivity index (χ2n) is 6.34. The van der Waals surface area contributed by atoms with Crippen LogP contribution in [-0.4, -0.2) is 0 Å². The minimum atomic E-state index is 0.0840. The van der Waals surface area contributed by atoms with E-state index in [1.165, 1.54) is 42.4 Å². The van der Waals surface area contributed by atoms with E-state index in [0.717, 1.165) is 0 Å². The minimum absolute atomic E-state index is 0.0840. The first-order valence-corrected chi connectivity index (χ1v) is 7.04. The molecule has 2 rings (SSSR count). The van der Waals surface area contributed by atoms with Crippen molar-refractivity contribution in [3.63, 3.8) is 0 Å². The van der Waals surface area contributed by atoms with Crippen LogP contribution in [0, 0.1) is 0 Å². The molecule has 1 heteroatoms. The molecular formula is C17H25N. The molecule has 98 valence electrons. The van der Waals surface area contributed by atoms with Gasteiger partial charge in [0.25, 0.3) is 0 Å². The lowest BCUT2D eigenvalue weighted by atomic mass is 9.79. The van der Waals surface area contributed by atoms with Gasteiger partial charge >= 0.3 is 0 Å². The Kier molecular flexibility index (Phi) is 3.91. The normalized spacial score (nSPS) is 18.3. The fourth-order valence-electron chi connectivity index (χ4n) is 2.80. The first kappa shape index (κ1) is 13.4. The van der Waals surface area contributed by atoms with Gasteiger partial charge in [-0.25, -0.2) is 0 Å². The largest absolute Gasteiger partial charge is 0.321 e. The molecule has 0 radical (unpaired) electrons. The van der Waals surface area contributed by atoms with Crippen molar-refractivity contribution in [3.8, 4) is 0 Å². The molecule has 1 nitrogen and oxygen atoms in total. The summed E-state index contributed by atoms with van der Waals surface area (Å²) in [6.45, 7) is 6.77. The Hall–Kier alpha value is -1.08. The third kappa shape index (κ3) is 2.84. The van der Waals surface area contributed by atoms with Gasteiger partial charge in [0.1, 0.15) is 0 Å². The lowest BCUT2D eigenvalue weighted by Crippen LogP contribution is -2.21. The van der Waals surface area contributed by atoms with Gasteiger partial charge in [-0.2, -0.15) is 0 Å². The van der Waals surface area contributed by atoms with E-state index in [1.54, 1.807) is 0 Å². The highest BCUT2D eigenvalue weighted by atomic mass is 14.6. The Morgan fingerprint density at radius 3 is 2.44 bits per heavy atom. The Morgan fingerprint density at radius 2 is 1.83 bits per heavy atom. The SMILES string of the molecule is CC(C)(C)c1ccccc1C(N)C1=CCCCC1. The maximum Gasteiger partial charge on any atom is 0.0513 e. The average molecular weight is 243 g/mol. The Bertz CT molecular complexity index is 437. The van der Waals surface area contributed by atoms with Crippen molar-refractivity contribution in [2.75, 3.05) is 0 Å². The standard InChI is InChI=1S/C17H25N/c1-17(2,3)15-12-8-7-11-14(15)16(18)13-9-5-4-6-10-13/h7-9,11-12,16H,4-6,10,18H2,1-3H3. The summed E-state index contributed by atoms with van der Waals surface area (Å²) < 4.78 is 0. The first-order valence-electron chi connectivity index (χ1n) is 7.04. The zero-order valence-electron chi connectivity index (χ0n) is 11.9. The molecule has 1 aromatic carbocycles. The third-order valence-electron chi connectivity index (χ3n) is 3.83. The van der Waals surface area contributed by atoms with Crippen LogP contribution >= 0.6 is 0 Å². The monoisotopic (exact) mass is 243 g/mol. The lowest BCUT2D eigenvalue weighted by Gasteiger charge is -2.28. The summed E-state index contributed by atoms with van der Waals surface area (Å²) in [4.78, 5) is 0. The number of allylic oxidation sites excluding steroid dienone is 1. The molecule has 1 unspecified atom stereocenters. The molecule has 18 heavy (non-hydrogen) atoms. The zero-order chi connectivity index (χ0) is 13.2. The van der Waals surface area contributed by atoms with Crippen molar-refractivity contribution in [3.05, 3.63) is 47.0 Å². The fraction of sp³-hybridized carbons (Fsp3) is 0.529. The summed E-state index contributed by atoms with van der Waals surface area (Å²) in [5.41, 5.74) is 10.8. The van der Waals surface area contributed by atoms with Crippen LogP contribution in [-0.2, 0) is 5.41 Å². The maximum atomic E-state index is 6.50. The summed E-state index contributed by atoms with van der Waals surface area (Å²) in [5, 5.41) is 0. The maximum absolute atomic E-state index is 6.50. The van der Waals surface area contributed by atoms with Gasteiger partial charge in [-0.15, -0.1) is 0 Å². The van der Waals surface area contributed by atoms with E-state index in [-0.39, 0.29) is 11.5 Å². The van der Waals surface area contributed by atoms with Crippen LogP contribution in [0.4, 0.5) is 0 Å². The van der Waals surface area contributed by atoms with E-state index in [0.29, 0.717) is 0 Å². The number of benzene rings is 1. The molecule has 0 aromatic heterocycles. The second kappa shape index (κ2) is 5.27. The van der Waals surface area contributed by atoms with Gasteiger partial charge in [0, 0.05) is 0 Å². The van der Waals surface area contributed by atoms with E-state index in [2.05, 4.69) is 51.1 Å². The Labute approximate surface area is 111 Å². The molecule has 0 bridgehead atoms. The molecule has 0 aliphatic heterocycles. The van der Waals surface area contributed by atoms with Crippen molar-refractivity contribution >= 4 is 0 Å². The predicted molar refractivity (Wildman–Crippen MR) is 78.6 cm³/mol. The molecule has 0 amide bonds. The van der Waals surface area contributed by atoms with E-state index in [1.807, 2.05) is 0 Å². The van der Waals surface area contributed by atoms with E-state index >= 15 is 0 Å². The van der Waals surface area contributed by atoms with Crippen LogP contribution < -0.4 is 5.73 Å². The van der Waals surface area contributed by atoms with Gasteiger partial charge in [0.05, 0.1) is 6.04 Å². The Morgan fingerprint density at radius 1 is 1.11 bits per heavy atom. The van der Waals surface area contributed by atoms with Crippen LogP contribution in [0.2, 0.25) is 0 Å². The number of hydrogen-bond acceptors (Lipinski definition) is 1. The number of hydrogen-bond donors (Lipinski definition) is 1. The highest BCUT2D eigenvalue weighted by Crippen LogP contribution is 2.34. The molecule has 0 heterocycles. The summed E-state index contributed by atoms with van der Waals surface area (Å²) in [5.74, 6) is 0. The van der Waals surface area contributed by atoms with Gasteiger partial charge in [-0.1, -0.05) is 56.7 Å². The summed E-state index contributed by atoms with van der Waals surface area (Å²) >= 11 is 0. The quantitative estimate of drug-likeness (QED) is 0.761. The molecule has 2 N–H and O–H groups in total. The molecule has 0 spiro atoms. The van der Waals surface area contributed by atoms with E-state index in [9.17, 15) is 0 Å². The Balaban J connectivity index is 2.35. The van der Waals surface area contributed by atoms with Crippen molar-refractivity contribution in [1.82, 2.24) is 0 Å². The topological polar surface area (TPSA) is 26.0 Å². The van der Waals surface area contributed by atoms with Crippen LogP contribution in [0.3, 0.4) is 0 Å². The van der Waals surface area contributed by atoms with Gasteiger partial charge in [0.15, 0.2) is 0 Å². The number of rotatable bonds is 2. The molecule has 1 aliphatic carbocycles. The lowest BCUT2D eigenvalue weighted by molar-refractivity contribution is 0.570.